The number of halogens is 2. The molecule has 106 valence electrons. The van der Waals surface area contributed by atoms with E-state index in [0.29, 0.717) is 15.7 Å². The largest absolute Gasteiger partial charge is 0.325 e. The Hall–Kier alpha value is -2.04. The molecule has 0 bridgehead atoms. The zero-order valence-electron chi connectivity index (χ0n) is 11.1. The second-order valence-electron chi connectivity index (χ2n) is 4.62. The first-order chi connectivity index (χ1) is 10.0. The zero-order valence-corrected chi connectivity index (χ0v) is 12.6. The van der Waals surface area contributed by atoms with Crippen LogP contribution in [-0.2, 0) is 4.79 Å². The second kappa shape index (κ2) is 5.39. The van der Waals surface area contributed by atoms with Gasteiger partial charge < -0.3 is 9.72 Å². The smallest absolute Gasteiger partial charge is 0.221 e. The minimum absolute atomic E-state index is 0.112. The lowest BCUT2D eigenvalue weighted by Crippen LogP contribution is -2.06. The number of benzene rings is 1. The van der Waals surface area contributed by atoms with Gasteiger partial charge in [-0.2, -0.15) is 0 Å². The van der Waals surface area contributed by atoms with Crippen LogP contribution >= 0.6 is 23.2 Å². The number of anilines is 1. The molecule has 0 radical (unpaired) electrons. The van der Waals surface area contributed by atoms with E-state index in [2.05, 4.69) is 10.3 Å². The van der Waals surface area contributed by atoms with Crippen LogP contribution in [-0.4, -0.2) is 15.3 Å². The number of pyridine rings is 1. The molecule has 2 heterocycles. The standard InChI is InChI=1S/C15H11Cl2N3O/c1-9(21)18-11-3-5-15-19-14(8-20(15)7-11)10-2-4-12(16)13(17)6-10/h2-8H,1H3,(H,18,21). The molecule has 2 aromatic heterocycles. The van der Waals surface area contributed by atoms with Crippen molar-refractivity contribution in [2.24, 2.45) is 0 Å². The summed E-state index contributed by atoms with van der Waals surface area (Å²) >= 11 is 11.9. The molecule has 1 amide bonds. The topological polar surface area (TPSA) is 46.4 Å². The molecule has 3 aromatic rings. The molecule has 0 spiro atoms. The molecule has 0 fully saturated rings. The van der Waals surface area contributed by atoms with Crippen LogP contribution in [0.3, 0.4) is 0 Å². The molecular weight excluding hydrogens is 309 g/mol. The van der Waals surface area contributed by atoms with Gasteiger partial charge in [0.1, 0.15) is 5.65 Å². The highest BCUT2D eigenvalue weighted by molar-refractivity contribution is 6.42. The SMILES string of the molecule is CC(=O)Nc1ccc2nc(-c3ccc(Cl)c(Cl)c3)cn2c1. The number of carbonyl (C=O) groups is 1. The van der Waals surface area contributed by atoms with Gasteiger partial charge in [0, 0.05) is 24.9 Å². The van der Waals surface area contributed by atoms with Crippen molar-refractivity contribution >= 4 is 40.4 Å². The lowest BCUT2D eigenvalue weighted by molar-refractivity contribution is -0.114. The summed E-state index contributed by atoms with van der Waals surface area (Å²) in [5, 5.41) is 3.74. The van der Waals surface area contributed by atoms with Gasteiger partial charge in [0.15, 0.2) is 0 Å². The molecule has 1 aromatic carbocycles. The molecule has 4 nitrogen and oxygen atoms in total. The highest BCUT2D eigenvalue weighted by Crippen LogP contribution is 2.28. The first-order valence-electron chi connectivity index (χ1n) is 6.25. The summed E-state index contributed by atoms with van der Waals surface area (Å²) in [6, 6.07) is 9.03. The Morgan fingerprint density at radius 1 is 1.14 bits per heavy atom. The number of fused-ring (bicyclic) bond motifs is 1. The number of hydrogen-bond acceptors (Lipinski definition) is 2. The van der Waals surface area contributed by atoms with E-state index < -0.39 is 0 Å². The van der Waals surface area contributed by atoms with E-state index in [-0.39, 0.29) is 5.91 Å². The van der Waals surface area contributed by atoms with Gasteiger partial charge in [-0.1, -0.05) is 29.3 Å². The Kier molecular flexibility index (Phi) is 3.57. The van der Waals surface area contributed by atoms with E-state index in [0.717, 1.165) is 16.9 Å². The lowest BCUT2D eigenvalue weighted by atomic mass is 10.2. The van der Waals surface area contributed by atoms with Crippen molar-refractivity contribution in [2.75, 3.05) is 5.32 Å². The first-order valence-corrected chi connectivity index (χ1v) is 7.00. The quantitative estimate of drug-likeness (QED) is 0.766. The van der Waals surface area contributed by atoms with Gasteiger partial charge in [0.2, 0.25) is 5.91 Å². The van der Waals surface area contributed by atoms with Crippen LogP contribution in [0.25, 0.3) is 16.9 Å². The molecule has 0 saturated carbocycles. The predicted molar refractivity (Wildman–Crippen MR) is 85.0 cm³/mol. The average molecular weight is 320 g/mol. The molecule has 0 saturated heterocycles. The summed E-state index contributed by atoms with van der Waals surface area (Å²) < 4.78 is 1.85. The summed E-state index contributed by atoms with van der Waals surface area (Å²) in [7, 11) is 0. The second-order valence-corrected chi connectivity index (χ2v) is 5.43. The monoisotopic (exact) mass is 319 g/mol. The first kappa shape index (κ1) is 13.9. The maximum atomic E-state index is 11.1. The molecule has 3 rings (SSSR count). The van der Waals surface area contributed by atoms with Crippen LogP contribution in [0.15, 0.2) is 42.7 Å². The van der Waals surface area contributed by atoms with Crippen molar-refractivity contribution in [1.82, 2.24) is 9.38 Å². The fourth-order valence-electron chi connectivity index (χ4n) is 2.06. The molecule has 0 unspecified atom stereocenters. The maximum Gasteiger partial charge on any atom is 0.221 e. The molecular formula is C15H11Cl2N3O. The highest BCUT2D eigenvalue weighted by Gasteiger charge is 2.07. The number of amides is 1. The highest BCUT2D eigenvalue weighted by atomic mass is 35.5. The van der Waals surface area contributed by atoms with Crippen molar-refractivity contribution < 1.29 is 4.79 Å². The minimum atomic E-state index is -0.112. The number of rotatable bonds is 2. The lowest BCUT2D eigenvalue weighted by Gasteiger charge is -2.01. The Bertz CT molecular complexity index is 842. The number of imidazole rings is 1. The van der Waals surface area contributed by atoms with Crippen LogP contribution < -0.4 is 5.32 Å². The van der Waals surface area contributed by atoms with Crippen LogP contribution in [0.2, 0.25) is 10.0 Å². The summed E-state index contributed by atoms with van der Waals surface area (Å²) in [6.07, 6.45) is 3.69. The number of nitrogens with one attached hydrogen (secondary N) is 1. The summed E-state index contributed by atoms with van der Waals surface area (Å²) in [6.45, 7) is 1.47. The van der Waals surface area contributed by atoms with Crippen LogP contribution in [0, 0.1) is 0 Å². The van der Waals surface area contributed by atoms with E-state index in [1.54, 1.807) is 12.1 Å². The third-order valence-corrected chi connectivity index (χ3v) is 3.73. The third kappa shape index (κ3) is 2.86. The summed E-state index contributed by atoms with van der Waals surface area (Å²) in [5.41, 5.74) is 3.17. The number of aromatic nitrogens is 2. The van der Waals surface area contributed by atoms with Crippen molar-refractivity contribution in [1.29, 1.82) is 0 Å². The summed E-state index contributed by atoms with van der Waals surface area (Å²) in [5.74, 6) is -0.112. The Labute approximate surface area is 131 Å². The molecule has 0 aliphatic heterocycles. The van der Waals surface area contributed by atoms with E-state index in [9.17, 15) is 4.79 Å². The summed E-state index contributed by atoms with van der Waals surface area (Å²) in [4.78, 5) is 15.6. The minimum Gasteiger partial charge on any atom is -0.325 e. The van der Waals surface area contributed by atoms with Crippen LogP contribution in [0.5, 0.6) is 0 Å². The Balaban J connectivity index is 2.04. The number of nitrogens with zero attached hydrogens (tertiary/aromatic N) is 2. The van der Waals surface area contributed by atoms with Gasteiger partial charge in [-0.25, -0.2) is 4.98 Å². The van der Waals surface area contributed by atoms with Crippen molar-refractivity contribution in [3.05, 3.63) is 52.8 Å². The van der Waals surface area contributed by atoms with Gasteiger partial charge >= 0.3 is 0 Å². The maximum absolute atomic E-state index is 11.1. The molecule has 0 aliphatic carbocycles. The molecule has 21 heavy (non-hydrogen) atoms. The normalized spacial score (nSPS) is 10.8. The van der Waals surface area contributed by atoms with Crippen LogP contribution in [0.1, 0.15) is 6.92 Å². The van der Waals surface area contributed by atoms with Crippen LogP contribution in [0.4, 0.5) is 5.69 Å². The third-order valence-electron chi connectivity index (χ3n) is 2.99. The van der Waals surface area contributed by atoms with Gasteiger partial charge in [0.25, 0.3) is 0 Å². The fourth-order valence-corrected chi connectivity index (χ4v) is 2.36. The molecule has 0 atom stereocenters. The van der Waals surface area contributed by atoms with E-state index in [4.69, 9.17) is 23.2 Å². The fraction of sp³-hybridized carbons (Fsp3) is 0.0667. The number of carbonyl (C=O) groups excluding carboxylic acids is 1. The zero-order chi connectivity index (χ0) is 15.0. The van der Waals surface area contributed by atoms with E-state index >= 15 is 0 Å². The average Bonchev–Trinajstić information content (AvgIpc) is 2.84. The van der Waals surface area contributed by atoms with Gasteiger partial charge in [0.05, 0.1) is 21.4 Å². The van der Waals surface area contributed by atoms with E-state index in [1.807, 2.05) is 35.0 Å². The molecule has 0 aliphatic rings. The molecule has 6 heteroatoms. The molecule has 1 N–H and O–H groups in total. The van der Waals surface area contributed by atoms with Gasteiger partial charge in [-0.05, 0) is 24.3 Å². The van der Waals surface area contributed by atoms with Crippen molar-refractivity contribution in [3.8, 4) is 11.3 Å². The Morgan fingerprint density at radius 2 is 1.95 bits per heavy atom. The van der Waals surface area contributed by atoms with E-state index in [1.165, 1.54) is 6.92 Å². The Morgan fingerprint density at radius 3 is 2.67 bits per heavy atom. The predicted octanol–water partition coefficient (Wildman–Crippen LogP) is 4.27. The van der Waals surface area contributed by atoms with Gasteiger partial charge in [-0.15, -0.1) is 0 Å². The number of hydrogen-bond donors (Lipinski definition) is 1. The van der Waals surface area contributed by atoms with Crippen molar-refractivity contribution in [3.63, 3.8) is 0 Å². The van der Waals surface area contributed by atoms with Gasteiger partial charge in [-0.3, -0.25) is 4.79 Å². The van der Waals surface area contributed by atoms with Crippen molar-refractivity contribution in [2.45, 2.75) is 6.92 Å².